The maximum absolute atomic E-state index is 14.2. The topological polar surface area (TPSA) is 79.1 Å². The van der Waals surface area contributed by atoms with Crippen molar-refractivity contribution in [2.24, 2.45) is 4.99 Å². The van der Waals surface area contributed by atoms with Crippen LogP contribution in [0.25, 0.3) is 6.08 Å². The van der Waals surface area contributed by atoms with E-state index in [1.165, 1.54) is 28.0 Å². The molecule has 0 radical (unpaired) electrons. The van der Waals surface area contributed by atoms with E-state index in [0.717, 1.165) is 5.56 Å². The Hall–Kier alpha value is -4.21. The van der Waals surface area contributed by atoms with Gasteiger partial charge >= 0.3 is 5.97 Å². The number of allylic oxidation sites excluding steroid dienone is 1. The van der Waals surface area contributed by atoms with Gasteiger partial charge in [0, 0.05) is 5.56 Å². The van der Waals surface area contributed by atoms with E-state index >= 15 is 0 Å². The molecule has 0 saturated carbocycles. The van der Waals surface area contributed by atoms with Gasteiger partial charge in [-0.15, -0.1) is 0 Å². The van der Waals surface area contributed by atoms with Crippen molar-refractivity contribution in [3.63, 3.8) is 0 Å². The first-order valence-electron chi connectivity index (χ1n) is 12.8. The van der Waals surface area contributed by atoms with E-state index in [1.54, 1.807) is 63.4 Å². The molecule has 4 aromatic rings. The summed E-state index contributed by atoms with van der Waals surface area (Å²) in [5, 5.41) is 0.283. The maximum atomic E-state index is 14.2. The summed E-state index contributed by atoms with van der Waals surface area (Å²) in [6, 6.07) is 18.1. The van der Waals surface area contributed by atoms with Gasteiger partial charge in [0.1, 0.15) is 23.9 Å². The number of esters is 1. The summed E-state index contributed by atoms with van der Waals surface area (Å²) >= 11 is 7.34. The Morgan fingerprint density at radius 1 is 1.12 bits per heavy atom. The predicted molar refractivity (Wildman–Crippen MR) is 156 cm³/mol. The van der Waals surface area contributed by atoms with Crippen LogP contribution in [0.2, 0.25) is 5.02 Å². The van der Waals surface area contributed by atoms with E-state index in [4.69, 9.17) is 25.8 Å². The average Bonchev–Trinajstić information content (AvgIpc) is 3.26. The molecule has 41 heavy (non-hydrogen) atoms. The number of methoxy groups -OCH3 is 1. The minimum absolute atomic E-state index is 0.0467. The molecule has 0 N–H and O–H groups in total. The molecule has 0 fully saturated rings. The van der Waals surface area contributed by atoms with Crippen molar-refractivity contribution >= 4 is 35.0 Å². The number of fused-ring (bicyclic) bond motifs is 1. The summed E-state index contributed by atoms with van der Waals surface area (Å²) in [6.45, 7) is 3.61. The zero-order valence-corrected chi connectivity index (χ0v) is 24.1. The molecule has 1 aromatic heterocycles. The Kier molecular flexibility index (Phi) is 8.37. The monoisotopic (exact) mass is 592 g/mol. The molecule has 7 nitrogen and oxygen atoms in total. The zero-order valence-electron chi connectivity index (χ0n) is 22.5. The smallest absolute Gasteiger partial charge is 0.338 e. The highest BCUT2D eigenvalue weighted by molar-refractivity contribution is 7.07. The van der Waals surface area contributed by atoms with Crippen molar-refractivity contribution in [1.29, 1.82) is 0 Å². The van der Waals surface area contributed by atoms with Crippen LogP contribution in [0.3, 0.4) is 0 Å². The summed E-state index contributed by atoms with van der Waals surface area (Å²) in [6.07, 6.45) is 1.74. The summed E-state index contributed by atoms with van der Waals surface area (Å²) < 4.78 is 32.5. The van der Waals surface area contributed by atoms with Crippen molar-refractivity contribution in [3.8, 4) is 11.5 Å². The van der Waals surface area contributed by atoms with E-state index in [2.05, 4.69) is 4.99 Å². The van der Waals surface area contributed by atoms with Crippen molar-refractivity contribution in [1.82, 2.24) is 4.57 Å². The summed E-state index contributed by atoms with van der Waals surface area (Å²) in [4.78, 5) is 31.9. The van der Waals surface area contributed by atoms with Crippen LogP contribution in [-0.2, 0) is 16.1 Å². The molecule has 2 heterocycles. The molecule has 1 aliphatic heterocycles. The first kappa shape index (κ1) is 28.3. The van der Waals surface area contributed by atoms with Crippen LogP contribution in [-0.4, -0.2) is 24.3 Å². The van der Waals surface area contributed by atoms with Gasteiger partial charge in [-0.2, -0.15) is 0 Å². The molecule has 0 amide bonds. The van der Waals surface area contributed by atoms with Gasteiger partial charge in [0.15, 0.2) is 4.80 Å². The van der Waals surface area contributed by atoms with Crippen molar-refractivity contribution in [3.05, 3.63) is 125 Å². The number of halogens is 2. The lowest BCUT2D eigenvalue weighted by Crippen LogP contribution is -2.39. The van der Waals surface area contributed by atoms with E-state index in [-0.39, 0.29) is 29.4 Å². The highest BCUT2D eigenvalue weighted by Crippen LogP contribution is 2.31. The van der Waals surface area contributed by atoms with Crippen molar-refractivity contribution in [2.75, 3.05) is 13.7 Å². The van der Waals surface area contributed by atoms with Gasteiger partial charge < -0.3 is 14.2 Å². The van der Waals surface area contributed by atoms with Crippen molar-refractivity contribution in [2.45, 2.75) is 26.5 Å². The van der Waals surface area contributed by atoms with Gasteiger partial charge in [-0.3, -0.25) is 9.36 Å². The van der Waals surface area contributed by atoms with Gasteiger partial charge in [-0.25, -0.2) is 14.2 Å². The molecule has 5 rings (SSSR count). The number of rotatable bonds is 8. The first-order valence-corrected chi connectivity index (χ1v) is 14.0. The van der Waals surface area contributed by atoms with Gasteiger partial charge in [-0.05, 0) is 67.4 Å². The van der Waals surface area contributed by atoms with Gasteiger partial charge in [0.05, 0.1) is 40.6 Å². The molecule has 0 unspecified atom stereocenters. The van der Waals surface area contributed by atoms with Crippen LogP contribution >= 0.6 is 22.9 Å². The van der Waals surface area contributed by atoms with E-state index in [1.807, 2.05) is 18.2 Å². The van der Waals surface area contributed by atoms with Crippen LogP contribution in [0.5, 0.6) is 11.5 Å². The molecule has 1 atom stereocenters. The second-order valence-electron chi connectivity index (χ2n) is 9.14. The maximum Gasteiger partial charge on any atom is 0.338 e. The van der Waals surface area contributed by atoms with Crippen molar-refractivity contribution < 1.29 is 23.4 Å². The highest BCUT2D eigenvalue weighted by atomic mass is 35.5. The molecule has 1 aliphatic rings. The molecular weight excluding hydrogens is 567 g/mol. The number of hydrogen-bond acceptors (Lipinski definition) is 7. The predicted octanol–water partition coefficient (Wildman–Crippen LogP) is 5.18. The number of nitrogens with zero attached hydrogens (tertiary/aromatic N) is 2. The van der Waals surface area contributed by atoms with Crippen LogP contribution in [0, 0.1) is 5.82 Å². The fraction of sp³-hybridized carbons (Fsp3) is 0.194. The third-order valence-corrected chi connectivity index (χ3v) is 7.89. The van der Waals surface area contributed by atoms with Crippen LogP contribution in [0.15, 0.2) is 87.8 Å². The number of carbonyl (C=O) groups is 1. The number of hydrogen-bond donors (Lipinski definition) is 0. The fourth-order valence-corrected chi connectivity index (χ4v) is 5.83. The quantitative estimate of drug-likeness (QED) is 0.264. The molecule has 0 spiro atoms. The van der Waals surface area contributed by atoms with E-state index < -0.39 is 17.8 Å². The third kappa shape index (κ3) is 5.82. The number of ether oxygens (including phenoxy) is 3. The molecule has 10 heteroatoms. The number of benzene rings is 3. The standard InChI is InChI=1S/C31H26ClFN2O5S/c1-4-39-30(37)27-18(2)34-31-35(28(27)20-11-13-21(38-3)14-12-20)29(36)26(41-31)16-19-7-5-8-22(15-19)40-17-23-24(32)9-6-10-25(23)33/h5-16,28H,4,17H2,1-3H3/t28-/m0/s1. The second kappa shape index (κ2) is 12.1. The van der Waals surface area contributed by atoms with Gasteiger partial charge in [0.25, 0.3) is 5.56 Å². The molecular formula is C31H26ClFN2O5S. The molecule has 0 saturated heterocycles. The summed E-state index contributed by atoms with van der Waals surface area (Å²) in [5.74, 6) is 0.170. The van der Waals surface area contributed by atoms with Gasteiger partial charge in [-0.1, -0.05) is 53.3 Å². The minimum Gasteiger partial charge on any atom is -0.497 e. The molecule has 3 aromatic carbocycles. The Morgan fingerprint density at radius 2 is 1.88 bits per heavy atom. The van der Waals surface area contributed by atoms with Crippen LogP contribution in [0.1, 0.15) is 36.6 Å². The Bertz CT molecular complexity index is 1810. The lowest BCUT2D eigenvalue weighted by atomic mass is 9.96. The Balaban J connectivity index is 1.54. The SMILES string of the molecule is CCOC(=O)C1=C(C)N=c2sc(=Cc3cccc(OCc4c(F)cccc4Cl)c3)c(=O)n2[C@H]1c1ccc(OC)cc1. The second-order valence-corrected chi connectivity index (χ2v) is 10.6. The first-order chi connectivity index (χ1) is 19.8. The lowest BCUT2D eigenvalue weighted by Gasteiger charge is -2.24. The van der Waals surface area contributed by atoms with Crippen LogP contribution < -0.4 is 24.4 Å². The van der Waals surface area contributed by atoms with Gasteiger partial charge in [0.2, 0.25) is 0 Å². The normalized spacial score (nSPS) is 14.9. The largest absolute Gasteiger partial charge is 0.497 e. The van der Waals surface area contributed by atoms with Crippen LogP contribution in [0.4, 0.5) is 4.39 Å². The average molecular weight is 593 g/mol. The third-order valence-electron chi connectivity index (χ3n) is 6.55. The lowest BCUT2D eigenvalue weighted by molar-refractivity contribution is -0.139. The number of thiazole rings is 1. The minimum atomic E-state index is -0.724. The molecule has 0 aliphatic carbocycles. The Morgan fingerprint density at radius 3 is 2.59 bits per heavy atom. The highest BCUT2D eigenvalue weighted by Gasteiger charge is 2.33. The Labute approximate surface area is 244 Å². The summed E-state index contributed by atoms with van der Waals surface area (Å²) in [7, 11) is 1.57. The van der Waals surface area contributed by atoms with E-state index in [0.29, 0.717) is 37.7 Å². The number of aromatic nitrogens is 1. The van der Waals surface area contributed by atoms with E-state index in [9.17, 15) is 14.0 Å². The molecule has 0 bridgehead atoms. The summed E-state index contributed by atoms with van der Waals surface area (Å²) in [5.41, 5.74) is 2.18. The fourth-order valence-electron chi connectivity index (χ4n) is 4.56. The number of carbonyl (C=O) groups excluding carboxylic acids is 1. The molecule has 210 valence electrons. The zero-order chi connectivity index (χ0) is 29.1.